The van der Waals surface area contributed by atoms with Crippen molar-refractivity contribution in [3.63, 3.8) is 0 Å². The van der Waals surface area contributed by atoms with Crippen molar-refractivity contribution >= 4 is 15.9 Å². The molecule has 1 aliphatic heterocycles. The summed E-state index contributed by atoms with van der Waals surface area (Å²) in [6.07, 6.45) is 3.12. The highest BCUT2D eigenvalue weighted by Crippen LogP contribution is 2.52. The van der Waals surface area contributed by atoms with Crippen LogP contribution in [0.2, 0.25) is 0 Å². The molecular formula is C22H34N2O3S. The number of benzene rings is 1. The van der Waals surface area contributed by atoms with E-state index in [0.717, 1.165) is 19.3 Å². The van der Waals surface area contributed by atoms with Crippen LogP contribution in [0.5, 0.6) is 0 Å². The van der Waals surface area contributed by atoms with E-state index >= 15 is 0 Å². The molecule has 1 N–H and O–H groups in total. The molecule has 156 valence electrons. The van der Waals surface area contributed by atoms with Crippen molar-refractivity contribution in [1.82, 2.24) is 9.62 Å². The van der Waals surface area contributed by atoms with Crippen LogP contribution in [-0.4, -0.2) is 43.5 Å². The van der Waals surface area contributed by atoms with Gasteiger partial charge in [-0.15, -0.1) is 0 Å². The molecule has 1 amide bonds. The maximum atomic E-state index is 12.6. The fraction of sp³-hybridized carbons (Fsp3) is 0.682. The van der Waals surface area contributed by atoms with Gasteiger partial charge in [0, 0.05) is 25.6 Å². The zero-order valence-corrected chi connectivity index (χ0v) is 18.4. The third-order valence-electron chi connectivity index (χ3n) is 6.11. The number of rotatable bonds is 6. The van der Waals surface area contributed by atoms with Crippen molar-refractivity contribution < 1.29 is 13.2 Å². The molecule has 1 atom stereocenters. The second kappa shape index (κ2) is 8.15. The standard InChI is InChI=1S/C22H34N2O3S/c1-16(2)15-28(26,27)24-11-9-22(10-12-24)14-18(13-21(25)23-17(3)4)19-7-5-6-8-20(19)22/h5-8,16-18H,9-15H2,1-4H3,(H,23,25)/t18-/m0/s1. The van der Waals surface area contributed by atoms with Crippen molar-refractivity contribution in [2.24, 2.45) is 5.92 Å². The number of nitrogens with one attached hydrogen (secondary N) is 1. The Hall–Kier alpha value is -1.40. The zero-order chi connectivity index (χ0) is 20.5. The molecule has 0 bridgehead atoms. The second-order valence-corrected chi connectivity index (χ2v) is 11.3. The van der Waals surface area contributed by atoms with Gasteiger partial charge in [-0.25, -0.2) is 12.7 Å². The van der Waals surface area contributed by atoms with Crippen LogP contribution in [0.4, 0.5) is 0 Å². The lowest BCUT2D eigenvalue weighted by atomic mass is 9.73. The predicted octanol–water partition coefficient (Wildman–Crippen LogP) is 3.41. The lowest BCUT2D eigenvalue weighted by Crippen LogP contribution is -2.45. The average Bonchev–Trinajstić information content (AvgIpc) is 2.87. The van der Waals surface area contributed by atoms with Gasteiger partial charge in [0.15, 0.2) is 0 Å². The second-order valence-electron chi connectivity index (χ2n) is 9.27. The molecule has 2 aliphatic rings. The maximum Gasteiger partial charge on any atom is 0.220 e. The third kappa shape index (κ3) is 4.43. The highest BCUT2D eigenvalue weighted by molar-refractivity contribution is 7.89. The Balaban J connectivity index is 1.76. The van der Waals surface area contributed by atoms with E-state index < -0.39 is 10.0 Å². The smallest absolute Gasteiger partial charge is 0.220 e. The number of hydrogen-bond acceptors (Lipinski definition) is 3. The number of hydrogen-bond donors (Lipinski definition) is 1. The van der Waals surface area contributed by atoms with Crippen LogP contribution >= 0.6 is 0 Å². The van der Waals surface area contributed by atoms with Crippen LogP contribution < -0.4 is 5.32 Å². The topological polar surface area (TPSA) is 66.5 Å². The minimum Gasteiger partial charge on any atom is -0.354 e. The molecule has 0 saturated carbocycles. The number of amides is 1. The van der Waals surface area contributed by atoms with Gasteiger partial charge in [-0.1, -0.05) is 38.1 Å². The summed E-state index contributed by atoms with van der Waals surface area (Å²) in [5.41, 5.74) is 2.61. The summed E-state index contributed by atoms with van der Waals surface area (Å²) in [7, 11) is -3.18. The summed E-state index contributed by atoms with van der Waals surface area (Å²) in [6, 6.07) is 8.60. The number of carbonyl (C=O) groups excluding carboxylic acids is 1. The molecule has 1 fully saturated rings. The summed E-state index contributed by atoms with van der Waals surface area (Å²) in [4.78, 5) is 12.4. The predicted molar refractivity (Wildman–Crippen MR) is 113 cm³/mol. The van der Waals surface area contributed by atoms with E-state index in [1.165, 1.54) is 11.1 Å². The zero-order valence-electron chi connectivity index (χ0n) is 17.6. The van der Waals surface area contributed by atoms with E-state index in [2.05, 4.69) is 23.5 Å². The first-order valence-electron chi connectivity index (χ1n) is 10.5. The molecule has 0 unspecified atom stereocenters. The van der Waals surface area contributed by atoms with Crippen LogP contribution in [0.3, 0.4) is 0 Å². The van der Waals surface area contributed by atoms with Gasteiger partial charge < -0.3 is 5.32 Å². The van der Waals surface area contributed by atoms with Crippen LogP contribution in [0.1, 0.15) is 70.4 Å². The number of fused-ring (bicyclic) bond motifs is 2. The van der Waals surface area contributed by atoms with Crippen molar-refractivity contribution in [2.75, 3.05) is 18.8 Å². The monoisotopic (exact) mass is 406 g/mol. The molecule has 0 radical (unpaired) electrons. The molecule has 3 rings (SSSR count). The Morgan fingerprint density at radius 2 is 1.82 bits per heavy atom. The SMILES string of the molecule is CC(C)CS(=O)(=O)N1CCC2(CC1)C[C@H](CC(=O)NC(C)C)c1ccccc12. The van der Waals surface area contributed by atoms with Crippen LogP contribution in [0, 0.1) is 5.92 Å². The minimum absolute atomic E-state index is 0.00320. The highest BCUT2D eigenvalue weighted by atomic mass is 32.2. The molecule has 1 aromatic carbocycles. The van der Waals surface area contributed by atoms with E-state index in [9.17, 15) is 13.2 Å². The summed E-state index contributed by atoms with van der Waals surface area (Å²) in [5.74, 6) is 0.670. The Morgan fingerprint density at radius 1 is 1.18 bits per heavy atom. The molecule has 6 heteroatoms. The summed E-state index contributed by atoms with van der Waals surface area (Å²) in [5, 5.41) is 3.01. The Kier molecular flexibility index (Phi) is 6.20. The first-order chi connectivity index (χ1) is 13.1. The Labute approximate surface area is 169 Å². The fourth-order valence-electron chi connectivity index (χ4n) is 5.01. The summed E-state index contributed by atoms with van der Waals surface area (Å²) in [6.45, 7) is 9.01. The summed E-state index contributed by atoms with van der Waals surface area (Å²) >= 11 is 0. The molecule has 1 saturated heterocycles. The average molecular weight is 407 g/mol. The highest BCUT2D eigenvalue weighted by Gasteiger charge is 2.46. The Morgan fingerprint density at radius 3 is 2.43 bits per heavy atom. The van der Waals surface area contributed by atoms with Gasteiger partial charge in [0.2, 0.25) is 15.9 Å². The number of nitrogens with zero attached hydrogens (tertiary/aromatic N) is 1. The van der Waals surface area contributed by atoms with Gasteiger partial charge in [0.25, 0.3) is 0 Å². The van der Waals surface area contributed by atoms with Crippen LogP contribution in [0.15, 0.2) is 24.3 Å². The first-order valence-corrected chi connectivity index (χ1v) is 12.1. The first kappa shape index (κ1) is 21.3. The van der Waals surface area contributed by atoms with E-state index in [0.29, 0.717) is 19.5 Å². The van der Waals surface area contributed by atoms with Gasteiger partial charge in [-0.05, 0) is 61.5 Å². The van der Waals surface area contributed by atoms with Crippen molar-refractivity contribution in [3.05, 3.63) is 35.4 Å². The van der Waals surface area contributed by atoms with Crippen LogP contribution in [0.25, 0.3) is 0 Å². The van der Waals surface area contributed by atoms with Gasteiger partial charge in [-0.3, -0.25) is 4.79 Å². The number of piperidine rings is 1. The third-order valence-corrected chi connectivity index (χ3v) is 8.35. The van der Waals surface area contributed by atoms with E-state index in [4.69, 9.17) is 0 Å². The number of carbonyl (C=O) groups is 1. The van der Waals surface area contributed by atoms with Gasteiger partial charge >= 0.3 is 0 Å². The largest absolute Gasteiger partial charge is 0.354 e. The molecule has 1 heterocycles. The van der Waals surface area contributed by atoms with Crippen LogP contribution in [-0.2, 0) is 20.2 Å². The minimum atomic E-state index is -3.18. The lowest BCUT2D eigenvalue weighted by molar-refractivity contribution is -0.122. The van der Waals surface area contributed by atoms with Gasteiger partial charge in [-0.2, -0.15) is 0 Å². The molecule has 1 aromatic rings. The molecule has 1 spiro atoms. The van der Waals surface area contributed by atoms with Crippen molar-refractivity contribution in [2.45, 2.75) is 70.8 Å². The lowest BCUT2D eigenvalue weighted by Gasteiger charge is -2.40. The number of sulfonamides is 1. The molecule has 5 nitrogen and oxygen atoms in total. The summed E-state index contributed by atoms with van der Waals surface area (Å²) < 4.78 is 26.9. The van der Waals surface area contributed by atoms with Crippen molar-refractivity contribution in [1.29, 1.82) is 0 Å². The van der Waals surface area contributed by atoms with E-state index in [-0.39, 0.29) is 35.0 Å². The molecule has 28 heavy (non-hydrogen) atoms. The van der Waals surface area contributed by atoms with Gasteiger partial charge in [0.1, 0.15) is 0 Å². The van der Waals surface area contributed by atoms with Crippen molar-refractivity contribution in [3.8, 4) is 0 Å². The van der Waals surface area contributed by atoms with E-state index in [1.807, 2.05) is 33.8 Å². The quantitative estimate of drug-likeness (QED) is 0.787. The normalized spacial score (nSPS) is 22.0. The molecule has 1 aliphatic carbocycles. The fourth-order valence-corrected chi connectivity index (χ4v) is 6.80. The van der Waals surface area contributed by atoms with Gasteiger partial charge in [0.05, 0.1) is 5.75 Å². The Bertz CT molecular complexity index is 809. The van der Waals surface area contributed by atoms with E-state index in [1.54, 1.807) is 4.31 Å². The maximum absolute atomic E-state index is 12.6. The molecular weight excluding hydrogens is 372 g/mol. The molecule has 0 aromatic heterocycles.